The molecule has 2 aliphatic rings. The van der Waals surface area contributed by atoms with Gasteiger partial charge in [-0.25, -0.2) is 4.79 Å². The van der Waals surface area contributed by atoms with Crippen molar-refractivity contribution in [3.63, 3.8) is 0 Å². The number of ether oxygens (including phenoxy) is 5. The summed E-state index contributed by atoms with van der Waals surface area (Å²) in [5.41, 5.74) is 1.70. The van der Waals surface area contributed by atoms with Crippen molar-refractivity contribution < 1.29 is 41.7 Å². The third kappa shape index (κ3) is 5.33. The van der Waals surface area contributed by atoms with Gasteiger partial charge < -0.3 is 23.7 Å². The van der Waals surface area contributed by atoms with Gasteiger partial charge in [0, 0.05) is 7.11 Å². The average Bonchev–Trinajstić information content (AvgIpc) is 3.40. The van der Waals surface area contributed by atoms with Crippen LogP contribution in [0.25, 0.3) is 11.1 Å². The number of methoxy groups -OCH3 is 1. The molecule has 0 spiro atoms. The lowest BCUT2D eigenvalue weighted by atomic mass is 9.97. The predicted molar refractivity (Wildman–Crippen MR) is 131 cm³/mol. The first-order valence-electron chi connectivity index (χ1n) is 12.1. The Labute approximate surface area is 218 Å². The first kappa shape index (κ1) is 26.4. The fraction of sp³-hybridized carbons (Fsp3) is 0.345. The standard InChI is InChI=1S/C29H27F3O6/c1-28(2)37-24-23(36-27(34-3)25(24)38-28)22(19-13-15-21(16-14-19)29(30,31)32)35-26(33)20-11-9-18(10-12-20)17-7-5-4-6-8-17/h4-16,22-25,27H,1-3H3/t22-,23-,24-,25-,27-/m1/s1. The van der Waals surface area contributed by atoms with E-state index < -0.39 is 54.2 Å². The Morgan fingerprint density at radius 1 is 0.868 bits per heavy atom. The van der Waals surface area contributed by atoms with E-state index in [-0.39, 0.29) is 5.56 Å². The Balaban J connectivity index is 1.44. The second-order valence-corrected chi connectivity index (χ2v) is 9.66. The number of halogens is 3. The Bertz CT molecular complexity index is 1260. The lowest BCUT2D eigenvalue weighted by Gasteiger charge is -2.29. The van der Waals surface area contributed by atoms with Gasteiger partial charge >= 0.3 is 12.1 Å². The van der Waals surface area contributed by atoms with Crippen molar-refractivity contribution in [3.8, 4) is 11.1 Å². The number of hydrogen-bond acceptors (Lipinski definition) is 6. The van der Waals surface area contributed by atoms with Crippen molar-refractivity contribution in [3.05, 3.63) is 95.6 Å². The molecule has 2 saturated heterocycles. The molecule has 9 heteroatoms. The van der Waals surface area contributed by atoms with Crippen LogP contribution in [-0.4, -0.2) is 43.5 Å². The molecular weight excluding hydrogens is 501 g/mol. The zero-order valence-corrected chi connectivity index (χ0v) is 21.0. The lowest BCUT2D eigenvalue weighted by Crippen LogP contribution is -2.36. The zero-order chi connectivity index (χ0) is 27.1. The van der Waals surface area contributed by atoms with Crippen molar-refractivity contribution in [1.29, 1.82) is 0 Å². The van der Waals surface area contributed by atoms with Crippen LogP contribution < -0.4 is 0 Å². The van der Waals surface area contributed by atoms with Gasteiger partial charge in [-0.05, 0) is 54.8 Å². The smallest absolute Gasteiger partial charge is 0.416 e. The predicted octanol–water partition coefficient (Wildman–Crippen LogP) is 6.16. The van der Waals surface area contributed by atoms with Gasteiger partial charge in [0.05, 0.1) is 11.1 Å². The van der Waals surface area contributed by atoms with Crippen LogP contribution in [0, 0.1) is 0 Å². The number of hydrogen-bond donors (Lipinski definition) is 0. The van der Waals surface area contributed by atoms with Crippen molar-refractivity contribution in [2.24, 2.45) is 0 Å². The van der Waals surface area contributed by atoms with Crippen molar-refractivity contribution in [2.75, 3.05) is 7.11 Å². The molecule has 38 heavy (non-hydrogen) atoms. The Morgan fingerprint density at radius 2 is 1.47 bits per heavy atom. The molecule has 3 aromatic rings. The number of esters is 1. The molecule has 0 saturated carbocycles. The highest BCUT2D eigenvalue weighted by Gasteiger charge is 2.58. The summed E-state index contributed by atoms with van der Waals surface area (Å²) >= 11 is 0. The van der Waals surface area contributed by atoms with Crippen LogP contribution in [0.5, 0.6) is 0 Å². The lowest BCUT2D eigenvalue weighted by molar-refractivity contribution is -0.237. The minimum atomic E-state index is -4.51. The van der Waals surface area contributed by atoms with Gasteiger partial charge in [0.2, 0.25) is 0 Å². The van der Waals surface area contributed by atoms with Crippen LogP contribution in [0.15, 0.2) is 78.9 Å². The third-order valence-corrected chi connectivity index (χ3v) is 6.61. The van der Waals surface area contributed by atoms with Crippen LogP contribution in [0.3, 0.4) is 0 Å². The summed E-state index contributed by atoms with van der Waals surface area (Å²) in [6.07, 6.45) is -8.60. The molecule has 0 N–H and O–H groups in total. The second kappa shape index (κ2) is 10.1. The Kier molecular flexibility index (Phi) is 7.04. The number of alkyl halides is 3. The molecule has 0 aliphatic carbocycles. The summed E-state index contributed by atoms with van der Waals surface area (Å²) in [4.78, 5) is 13.3. The molecule has 5 rings (SSSR count). The number of fused-ring (bicyclic) bond motifs is 1. The van der Waals surface area contributed by atoms with Gasteiger partial charge in [-0.15, -0.1) is 0 Å². The highest BCUT2D eigenvalue weighted by molar-refractivity contribution is 5.90. The van der Waals surface area contributed by atoms with Crippen molar-refractivity contribution in [2.45, 2.75) is 56.5 Å². The van der Waals surface area contributed by atoms with Crippen LogP contribution in [0.2, 0.25) is 0 Å². The number of carbonyl (C=O) groups is 1. The monoisotopic (exact) mass is 528 g/mol. The SMILES string of the molecule is CO[C@@H]1O[C@H]([C@H](OC(=O)c2ccc(-c3ccccc3)cc2)c2ccc(C(F)(F)F)cc2)[C@H]2OC(C)(C)O[C@@H]12. The van der Waals surface area contributed by atoms with Crippen molar-refractivity contribution in [1.82, 2.24) is 0 Å². The van der Waals surface area contributed by atoms with Crippen LogP contribution in [0.4, 0.5) is 13.2 Å². The molecule has 2 heterocycles. The van der Waals surface area contributed by atoms with Gasteiger partial charge in [0.1, 0.15) is 18.3 Å². The molecule has 2 aliphatic heterocycles. The van der Waals surface area contributed by atoms with E-state index in [0.29, 0.717) is 5.56 Å². The van der Waals surface area contributed by atoms with E-state index in [9.17, 15) is 18.0 Å². The number of benzene rings is 3. The second-order valence-electron chi connectivity index (χ2n) is 9.66. The molecular formula is C29H27F3O6. The fourth-order valence-electron chi connectivity index (χ4n) is 4.82. The highest BCUT2D eigenvalue weighted by atomic mass is 19.4. The molecule has 0 unspecified atom stereocenters. The molecule has 0 radical (unpaired) electrons. The molecule has 5 atom stereocenters. The van der Waals surface area contributed by atoms with Crippen LogP contribution >= 0.6 is 0 Å². The van der Waals surface area contributed by atoms with E-state index in [4.69, 9.17) is 23.7 Å². The number of carbonyl (C=O) groups excluding carboxylic acids is 1. The van der Waals surface area contributed by atoms with E-state index in [2.05, 4.69) is 0 Å². The van der Waals surface area contributed by atoms with Crippen molar-refractivity contribution >= 4 is 5.97 Å². The largest absolute Gasteiger partial charge is 0.451 e. The Morgan fingerprint density at radius 3 is 2.08 bits per heavy atom. The minimum absolute atomic E-state index is 0.281. The maximum atomic E-state index is 13.3. The fourth-order valence-corrected chi connectivity index (χ4v) is 4.82. The van der Waals surface area contributed by atoms with Gasteiger partial charge in [-0.1, -0.05) is 54.6 Å². The minimum Gasteiger partial charge on any atom is -0.451 e. The topological polar surface area (TPSA) is 63.2 Å². The molecule has 2 fully saturated rings. The molecule has 6 nitrogen and oxygen atoms in total. The maximum absolute atomic E-state index is 13.3. The quantitative estimate of drug-likeness (QED) is 0.357. The molecule has 0 aromatic heterocycles. The summed E-state index contributed by atoms with van der Waals surface area (Å²) in [5.74, 6) is -1.61. The van der Waals surface area contributed by atoms with E-state index >= 15 is 0 Å². The average molecular weight is 529 g/mol. The van der Waals surface area contributed by atoms with Gasteiger partial charge in [0.25, 0.3) is 0 Å². The summed E-state index contributed by atoms with van der Waals surface area (Å²) in [7, 11) is 1.45. The van der Waals surface area contributed by atoms with E-state index in [1.165, 1.54) is 19.2 Å². The maximum Gasteiger partial charge on any atom is 0.416 e. The van der Waals surface area contributed by atoms with E-state index in [1.807, 2.05) is 30.3 Å². The summed E-state index contributed by atoms with van der Waals surface area (Å²) in [6.45, 7) is 3.48. The summed E-state index contributed by atoms with van der Waals surface area (Å²) in [5, 5.41) is 0. The molecule has 200 valence electrons. The summed E-state index contributed by atoms with van der Waals surface area (Å²) in [6, 6.07) is 21.0. The highest BCUT2D eigenvalue weighted by Crippen LogP contribution is 2.44. The van der Waals surface area contributed by atoms with Crippen LogP contribution in [0.1, 0.15) is 41.4 Å². The first-order valence-corrected chi connectivity index (χ1v) is 12.1. The molecule has 3 aromatic carbocycles. The Hall–Kier alpha value is -3.24. The third-order valence-electron chi connectivity index (χ3n) is 6.61. The first-order chi connectivity index (χ1) is 18.1. The van der Waals surface area contributed by atoms with E-state index in [1.54, 1.807) is 38.1 Å². The zero-order valence-electron chi connectivity index (χ0n) is 21.0. The molecule has 0 bridgehead atoms. The normalized spacial score (nSPS) is 25.1. The summed E-state index contributed by atoms with van der Waals surface area (Å²) < 4.78 is 69.0. The van der Waals surface area contributed by atoms with Gasteiger partial charge in [0.15, 0.2) is 18.2 Å². The van der Waals surface area contributed by atoms with Gasteiger partial charge in [-0.3, -0.25) is 0 Å². The van der Waals surface area contributed by atoms with Gasteiger partial charge in [-0.2, -0.15) is 13.2 Å². The van der Waals surface area contributed by atoms with E-state index in [0.717, 1.165) is 23.3 Å². The van der Waals surface area contributed by atoms with Crippen LogP contribution in [-0.2, 0) is 29.9 Å². The molecule has 0 amide bonds. The number of rotatable bonds is 6.